The predicted octanol–water partition coefficient (Wildman–Crippen LogP) is 3.17. The van der Waals surface area contributed by atoms with Crippen LogP contribution in [0.1, 0.15) is 16.8 Å². The van der Waals surface area contributed by atoms with E-state index in [1.54, 1.807) is 0 Å². The van der Waals surface area contributed by atoms with Gasteiger partial charge in [0.25, 0.3) is 0 Å². The number of halogens is 1. The lowest BCUT2D eigenvalue weighted by molar-refractivity contribution is 0.458. The van der Waals surface area contributed by atoms with Crippen molar-refractivity contribution in [3.8, 4) is 11.6 Å². The van der Waals surface area contributed by atoms with E-state index in [2.05, 4.69) is 9.97 Å². The minimum atomic E-state index is 0.144. The van der Waals surface area contributed by atoms with Gasteiger partial charge in [-0.3, -0.25) is 0 Å². The Kier molecular flexibility index (Phi) is 3.97. The van der Waals surface area contributed by atoms with Gasteiger partial charge in [0.1, 0.15) is 10.7 Å². The van der Waals surface area contributed by atoms with Gasteiger partial charge in [-0.25, -0.2) is 9.97 Å². The van der Waals surface area contributed by atoms with Gasteiger partial charge in [0.2, 0.25) is 5.88 Å². The molecular formula is C13H12ClN3OS. The largest absolute Gasteiger partial charge is 0.437 e. The summed E-state index contributed by atoms with van der Waals surface area (Å²) in [7, 11) is 0. The van der Waals surface area contributed by atoms with Crippen LogP contribution in [0.4, 0.5) is 0 Å². The average molecular weight is 294 g/mol. The van der Waals surface area contributed by atoms with E-state index in [-0.39, 0.29) is 10.9 Å². The number of nitrogens with zero attached hydrogens (tertiary/aromatic N) is 2. The summed E-state index contributed by atoms with van der Waals surface area (Å²) < 4.78 is 5.69. The normalized spacial score (nSPS) is 10.3. The van der Waals surface area contributed by atoms with E-state index in [9.17, 15) is 0 Å². The second-order valence-corrected chi connectivity index (χ2v) is 4.87. The second kappa shape index (κ2) is 5.50. The Balaban J connectivity index is 2.39. The summed E-state index contributed by atoms with van der Waals surface area (Å²) in [5.41, 5.74) is 7.80. The Bertz CT molecular complexity index is 623. The van der Waals surface area contributed by atoms with E-state index in [4.69, 9.17) is 34.3 Å². The van der Waals surface area contributed by atoms with E-state index >= 15 is 0 Å². The van der Waals surface area contributed by atoms with Crippen LogP contribution in [0.3, 0.4) is 0 Å². The Morgan fingerprint density at radius 3 is 2.37 bits per heavy atom. The summed E-state index contributed by atoms with van der Waals surface area (Å²) in [5.74, 6) is 0.911. The molecule has 4 nitrogen and oxygen atoms in total. The van der Waals surface area contributed by atoms with E-state index in [0.29, 0.717) is 11.4 Å². The highest BCUT2D eigenvalue weighted by Crippen LogP contribution is 2.29. The monoisotopic (exact) mass is 293 g/mol. The molecule has 98 valence electrons. The third kappa shape index (κ3) is 3.00. The number of nitrogens with two attached hydrogens (primary N) is 1. The van der Waals surface area contributed by atoms with Crippen LogP contribution in [0.25, 0.3) is 0 Å². The number of aromatic nitrogens is 2. The van der Waals surface area contributed by atoms with Crippen molar-refractivity contribution in [2.24, 2.45) is 5.73 Å². The molecule has 2 N–H and O–H groups in total. The van der Waals surface area contributed by atoms with Crippen LogP contribution in [0, 0.1) is 13.8 Å². The number of hydrogen-bond donors (Lipinski definition) is 1. The quantitative estimate of drug-likeness (QED) is 0.881. The van der Waals surface area contributed by atoms with Crippen LogP contribution in [0.5, 0.6) is 11.6 Å². The molecule has 0 radical (unpaired) electrons. The Morgan fingerprint density at radius 2 is 1.79 bits per heavy atom. The second-order valence-electron chi connectivity index (χ2n) is 4.05. The first-order valence-electron chi connectivity index (χ1n) is 5.54. The molecule has 0 bridgehead atoms. The lowest BCUT2D eigenvalue weighted by Gasteiger charge is -2.10. The van der Waals surface area contributed by atoms with Gasteiger partial charge in [-0.1, -0.05) is 23.8 Å². The Labute approximate surface area is 121 Å². The molecule has 0 aliphatic rings. The smallest absolute Gasteiger partial charge is 0.248 e. The van der Waals surface area contributed by atoms with Crippen LogP contribution in [-0.4, -0.2) is 15.0 Å². The van der Waals surface area contributed by atoms with E-state index in [0.717, 1.165) is 16.1 Å². The molecule has 0 spiro atoms. The fourth-order valence-corrected chi connectivity index (χ4v) is 1.89. The summed E-state index contributed by atoms with van der Waals surface area (Å²) in [6.45, 7) is 3.82. The van der Waals surface area contributed by atoms with E-state index in [1.165, 1.54) is 12.4 Å². The first-order valence-corrected chi connectivity index (χ1v) is 6.33. The van der Waals surface area contributed by atoms with Gasteiger partial charge in [0.15, 0.2) is 5.69 Å². The van der Waals surface area contributed by atoms with Gasteiger partial charge in [0, 0.05) is 17.4 Å². The van der Waals surface area contributed by atoms with Gasteiger partial charge in [-0.05, 0) is 37.1 Å². The lowest BCUT2D eigenvalue weighted by Crippen LogP contribution is -2.13. The van der Waals surface area contributed by atoms with Crippen molar-refractivity contribution >= 4 is 28.8 Å². The molecule has 1 aromatic carbocycles. The highest BCUT2D eigenvalue weighted by Gasteiger charge is 2.11. The molecule has 0 saturated carbocycles. The predicted molar refractivity (Wildman–Crippen MR) is 78.9 cm³/mol. The van der Waals surface area contributed by atoms with Gasteiger partial charge in [-0.15, -0.1) is 0 Å². The van der Waals surface area contributed by atoms with Crippen LogP contribution in [0.15, 0.2) is 24.5 Å². The van der Waals surface area contributed by atoms with Crippen molar-refractivity contribution in [3.63, 3.8) is 0 Å². The summed E-state index contributed by atoms with van der Waals surface area (Å²) in [6.07, 6.45) is 3.03. The van der Waals surface area contributed by atoms with Crippen molar-refractivity contribution in [3.05, 3.63) is 46.4 Å². The molecule has 1 heterocycles. The van der Waals surface area contributed by atoms with Crippen LogP contribution < -0.4 is 10.5 Å². The maximum Gasteiger partial charge on any atom is 0.248 e. The average Bonchev–Trinajstić information content (AvgIpc) is 2.36. The zero-order valence-corrected chi connectivity index (χ0v) is 12.0. The SMILES string of the molecule is Cc1cc(Oc2nccnc2C(N)=S)cc(C)c1Cl. The maximum atomic E-state index is 6.11. The van der Waals surface area contributed by atoms with Crippen molar-refractivity contribution < 1.29 is 4.74 Å². The number of hydrogen-bond acceptors (Lipinski definition) is 4. The molecule has 2 rings (SSSR count). The standard InChI is InChI=1S/C13H12ClN3OS/c1-7-5-9(6-8(2)10(7)14)18-13-11(12(15)19)16-3-4-17-13/h3-6H,1-2H3,(H2,15,19). The summed E-state index contributed by atoms with van der Waals surface area (Å²) in [6, 6.07) is 3.65. The molecule has 0 amide bonds. The fourth-order valence-electron chi connectivity index (χ4n) is 1.65. The molecule has 0 aliphatic carbocycles. The number of thiocarbonyl (C=S) groups is 1. The molecule has 2 aromatic rings. The van der Waals surface area contributed by atoms with Crippen molar-refractivity contribution in [2.75, 3.05) is 0 Å². The highest BCUT2D eigenvalue weighted by atomic mass is 35.5. The molecule has 0 unspecified atom stereocenters. The minimum absolute atomic E-state index is 0.144. The fraction of sp³-hybridized carbons (Fsp3) is 0.154. The van der Waals surface area contributed by atoms with E-state index < -0.39 is 0 Å². The molecule has 0 atom stereocenters. The Morgan fingerprint density at radius 1 is 1.21 bits per heavy atom. The number of ether oxygens (including phenoxy) is 1. The summed E-state index contributed by atoms with van der Waals surface area (Å²) in [4.78, 5) is 8.29. The first kappa shape index (κ1) is 13.7. The molecule has 19 heavy (non-hydrogen) atoms. The molecule has 6 heteroatoms. The number of aryl methyl sites for hydroxylation is 2. The topological polar surface area (TPSA) is 61.0 Å². The van der Waals surface area contributed by atoms with Crippen LogP contribution >= 0.6 is 23.8 Å². The lowest BCUT2D eigenvalue weighted by atomic mass is 10.1. The maximum absolute atomic E-state index is 6.11. The third-order valence-corrected chi connectivity index (χ3v) is 3.31. The molecule has 0 aliphatic heterocycles. The van der Waals surface area contributed by atoms with Gasteiger partial charge < -0.3 is 10.5 Å². The minimum Gasteiger partial charge on any atom is -0.437 e. The zero-order valence-electron chi connectivity index (χ0n) is 10.5. The molecular weight excluding hydrogens is 282 g/mol. The van der Waals surface area contributed by atoms with E-state index in [1.807, 2.05) is 26.0 Å². The van der Waals surface area contributed by atoms with Gasteiger partial charge in [-0.2, -0.15) is 0 Å². The number of benzene rings is 1. The van der Waals surface area contributed by atoms with Crippen LogP contribution in [0.2, 0.25) is 5.02 Å². The van der Waals surface area contributed by atoms with Gasteiger partial charge >= 0.3 is 0 Å². The zero-order chi connectivity index (χ0) is 14.0. The van der Waals surface area contributed by atoms with Crippen molar-refractivity contribution in [1.82, 2.24) is 9.97 Å². The first-order chi connectivity index (χ1) is 8.99. The Hall–Kier alpha value is -1.72. The third-order valence-electron chi connectivity index (χ3n) is 2.52. The molecule has 1 aromatic heterocycles. The molecule has 0 fully saturated rings. The summed E-state index contributed by atoms with van der Waals surface area (Å²) >= 11 is 11.0. The number of rotatable bonds is 3. The van der Waals surface area contributed by atoms with Crippen molar-refractivity contribution in [1.29, 1.82) is 0 Å². The molecule has 0 saturated heterocycles. The van der Waals surface area contributed by atoms with Crippen molar-refractivity contribution in [2.45, 2.75) is 13.8 Å². The van der Waals surface area contributed by atoms with Gasteiger partial charge in [0.05, 0.1) is 0 Å². The summed E-state index contributed by atoms with van der Waals surface area (Å²) in [5, 5.41) is 0.723. The van der Waals surface area contributed by atoms with Crippen LogP contribution in [-0.2, 0) is 0 Å². The highest BCUT2D eigenvalue weighted by molar-refractivity contribution is 7.80.